The average Bonchev–Trinajstić information content (AvgIpc) is 3.86. The quantitative estimate of drug-likeness (QED) is 0.140. The van der Waals surface area contributed by atoms with Crippen LogP contribution < -0.4 is 0 Å². The van der Waals surface area contributed by atoms with Crippen molar-refractivity contribution in [2.24, 2.45) is 5.92 Å². The molecule has 4 atom stereocenters. The monoisotopic (exact) mass is 720 g/mol. The molecule has 2 aromatic carbocycles. The summed E-state index contributed by atoms with van der Waals surface area (Å²) in [6.07, 6.45) is 2.21. The number of hydrogen-bond acceptors (Lipinski definition) is 11. The standard InChI is InChI=1S/C38H44N2O10S/c1-37(2,3)49-35(45)39-16-8-10-26(39)33(43)47-19-27(41)21-13-15-25-30(18-21)51-29-11-7-9-24(31(25)29)28(42)20-48-34(44)32-22-12-14-23(17-22)40(32)36(46)50-38(4,5)6/h7,9,11,13,15,18,22-23,26,32H,8,10,12,14,16-17,19-20H2,1-6H3. The van der Waals surface area contributed by atoms with Gasteiger partial charge in [-0.05, 0) is 91.7 Å². The highest BCUT2D eigenvalue weighted by atomic mass is 32.1. The van der Waals surface area contributed by atoms with E-state index in [0.29, 0.717) is 42.3 Å². The highest BCUT2D eigenvalue weighted by molar-refractivity contribution is 7.25. The van der Waals surface area contributed by atoms with Crippen LogP contribution in [0.1, 0.15) is 94.4 Å². The van der Waals surface area contributed by atoms with E-state index in [1.165, 1.54) is 21.1 Å². The molecule has 3 fully saturated rings. The summed E-state index contributed by atoms with van der Waals surface area (Å²) in [7, 11) is 0. The van der Waals surface area contributed by atoms with E-state index in [9.17, 15) is 28.8 Å². The summed E-state index contributed by atoms with van der Waals surface area (Å²) < 4.78 is 23.5. The molecule has 12 nitrogen and oxygen atoms in total. The summed E-state index contributed by atoms with van der Waals surface area (Å²) in [5.74, 6) is -2.10. The summed E-state index contributed by atoms with van der Waals surface area (Å²) in [6, 6.07) is 8.68. The molecule has 3 heterocycles. The zero-order valence-electron chi connectivity index (χ0n) is 29.8. The molecule has 13 heteroatoms. The smallest absolute Gasteiger partial charge is 0.411 e. The van der Waals surface area contributed by atoms with E-state index < -0.39 is 66.4 Å². The van der Waals surface area contributed by atoms with Crippen molar-refractivity contribution in [1.29, 1.82) is 0 Å². The molecular formula is C38H44N2O10S. The lowest BCUT2D eigenvalue weighted by Crippen LogP contribution is -2.51. The first kappa shape index (κ1) is 36.3. The van der Waals surface area contributed by atoms with Gasteiger partial charge in [-0.15, -0.1) is 11.3 Å². The number of piperidine rings is 1. The number of rotatable bonds is 8. The van der Waals surface area contributed by atoms with Gasteiger partial charge in [0.25, 0.3) is 0 Å². The van der Waals surface area contributed by atoms with E-state index in [2.05, 4.69) is 0 Å². The molecule has 3 aliphatic rings. The van der Waals surface area contributed by atoms with Gasteiger partial charge in [0.1, 0.15) is 23.3 Å². The molecule has 2 aliphatic heterocycles. The van der Waals surface area contributed by atoms with Crippen molar-refractivity contribution in [1.82, 2.24) is 9.80 Å². The molecule has 4 unspecified atom stereocenters. The Morgan fingerprint density at radius 1 is 0.784 bits per heavy atom. The molecule has 1 aliphatic carbocycles. The van der Waals surface area contributed by atoms with E-state index in [1.807, 2.05) is 6.07 Å². The maximum atomic E-state index is 13.5. The lowest BCUT2D eigenvalue weighted by molar-refractivity contribution is -0.150. The second-order valence-electron chi connectivity index (χ2n) is 15.4. The van der Waals surface area contributed by atoms with Crippen LogP contribution in [0.3, 0.4) is 0 Å². The van der Waals surface area contributed by atoms with Crippen molar-refractivity contribution >= 4 is 67.2 Å². The average molecular weight is 721 g/mol. The second-order valence-corrected chi connectivity index (χ2v) is 16.5. The summed E-state index contributed by atoms with van der Waals surface area (Å²) in [5, 5.41) is 1.43. The van der Waals surface area contributed by atoms with Gasteiger partial charge in [0.15, 0.2) is 19.0 Å². The normalized spacial score (nSPS) is 21.6. The number of thiophene rings is 1. The van der Waals surface area contributed by atoms with Gasteiger partial charge in [-0.1, -0.05) is 24.3 Å². The van der Waals surface area contributed by atoms with Gasteiger partial charge < -0.3 is 18.9 Å². The van der Waals surface area contributed by atoms with Crippen molar-refractivity contribution in [2.45, 2.75) is 103 Å². The predicted molar refractivity (Wildman–Crippen MR) is 189 cm³/mol. The van der Waals surface area contributed by atoms with Gasteiger partial charge in [0.05, 0.1) is 0 Å². The van der Waals surface area contributed by atoms with Gasteiger partial charge >= 0.3 is 24.1 Å². The molecule has 2 bridgehead atoms. The summed E-state index contributed by atoms with van der Waals surface area (Å²) >= 11 is 1.40. The van der Waals surface area contributed by atoms with Gasteiger partial charge in [-0.25, -0.2) is 19.2 Å². The molecule has 0 radical (unpaired) electrons. The molecule has 0 spiro atoms. The predicted octanol–water partition coefficient (Wildman–Crippen LogP) is 6.69. The maximum absolute atomic E-state index is 13.5. The third kappa shape index (κ3) is 7.73. The lowest BCUT2D eigenvalue weighted by atomic mass is 9.99. The first-order valence-corrected chi connectivity index (χ1v) is 18.2. The molecule has 0 N–H and O–H groups in total. The minimum Gasteiger partial charge on any atom is -0.456 e. The summed E-state index contributed by atoms with van der Waals surface area (Å²) in [5.41, 5.74) is -0.714. The molecule has 6 rings (SSSR count). The molecule has 2 saturated heterocycles. The summed E-state index contributed by atoms with van der Waals surface area (Å²) in [4.78, 5) is 81.3. The van der Waals surface area contributed by atoms with Crippen molar-refractivity contribution in [3.05, 3.63) is 47.5 Å². The fraction of sp³-hybridized carbons (Fsp3) is 0.526. The Kier molecular flexibility index (Phi) is 9.88. The van der Waals surface area contributed by atoms with Crippen molar-refractivity contribution in [3.8, 4) is 0 Å². The van der Waals surface area contributed by atoms with Gasteiger partial charge in [-0.2, -0.15) is 0 Å². The van der Waals surface area contributed by atoms with Crippen LogP contribution in [0.2, 0.25) is 0 Å². The molecule has 272 valence electrons. The third-order valence-electron chi connectivity index (χ3n) is 9.39. The highest BCUT2D eigenvalue weighted by Gasteiger charge is 2.53. The molecule has 1 aromatic heterocycles. The van der Waals surface area contributed by atoms with Crippen molar-refractivity contribution in [3.63, 3.8) is 0 Å². The zero-order valence-corrected chi connectivity index (χ0v) is 30.6. The number of fused-ring (bicyclic) bond motifs is 5. The summed E-state index contributed by atoms with van der Waals surface area (Å²) in [6.45, 7) is 9.96. The van der Waals surface area contributed by atoms with Crippen LogP contribution in [-0.2, 0) is 28.5 Å². The zero-order chi connectivity index (χ0) is 36.8. The fourth-order valence-corrected chi connectivity index (χ4v) is 8.44. The Labute approximate surface area is 300 Å². The minimum absolute atomic E-state index is 0.0376. The number of carbonyl (C=O) groups excluding carboxylic acids is 6. The molecular weight excluding hydrogens is 676 g/mol. The van der Waals surface area contributed by atoms with Crippen LogP contribution in [0.25, 0.3) is 20.2 Å². The topological polar surface area (TPSA) is 146 Å². The Hall–Kier alpha value is -4.52. The first-order chi connectivity index (χ1) is 24.0. The number of nitrogens with zero attached hydrogens (tertiary/aromatic N) is 2. The SMILES string of the molecule is CC(C)(C)OC(=O)N1CCCC1C(=O)OCC(=O)c1ccc2c(c1)sc1cccc(C(=O)COC(=O)C3C4CCC(C4)N3C(=O)OC(C)(C)C)c12. The van der Waals surface area contributed by atoms with Crippen LogP contribution in [0.5, 0.6) is 0 Å². The van der Waals surface area contributed by atoms with E-state index in [-0.39, 0.29) is 17.7 Å². The Balaban J connectivity index is 1.11. The van der Waals surface area contributed by atoms with E-state index in [0.717, 1.165) is 27.6 Å². The molecule has 3 aromatic rings. The third-order valence-corrected chi connectivity index (χ3v) is 10.5. The Bertz CT molecular complexity index is 1900. The van der Waals surface area contributed by atoms with Crippen LogP contribution in [-0.4, -0.2) is 94.6 Å². The van der Waals surface area contributed by atoms with E-state index >= 15 is 0 Å². The largest absolute Gasteiger partial charge is 0.456 e. The van der Waals surface area contributed by atoms with Crippen molar-refractivity contribution < 1.29 is 47.7 Å². The van der Waals surface area contributed by atoms with Crippen LogP contribution in [0.4, 0.5) is 9.59 Å². The van der Waals surface area contributed by atoms with Crippen molar-refractivity contribution in [2.75, 3.05) is 19.8 Å². The molecule has 1 saturated carbocycles. The number of ether oxygens (including phenoxy) is 4. The maximum Gasteiger partial charge on any atom is 0.411 e. The minimum atomic E-state index is -0.815. The van der Waals surface area contributed by atoms with E-state index in [4.69, 9.17) is 18.9 Å². The Morgan fingerprint density at radius 2 is 1.47 bits per heavy atom. The number of benzene rings is 2. The van der Waals surface area contributed by atoms with Crippen LogP contribution >= 0.6 is 11.3 Å². The van der Waals surface area contributed by atoms with Gasteiger partial charge in [-0.3, -0.25) is 19.4 Å². The van der Waals surface area contributed by atoms with Gasteiger partial charge in [0.2, 0.25) is 5.78 Å². The Morgan fingerprint density at radius 3 is 2.20 bits per heavy atom. The van der Waals surface area contributed by atoms with Crippen LogP contribution in [0.15, 0.2) is 36.4 Å². The molecule has 2 amide bonds. The fourth-order valence-electron chi connectivity index (χ4n) is 7.27. The highest BCUT2D eigenvalue weighted by Crippen LogP contribution is 2.44. The van der Waals surface area contributed by atoms with Crippen LogP contribution in [0, 0.1) is 5.92 Å². The number of Topliss-reactive ketones (excluding diaryl/α,β-unsaturated/α-hetero) is 2. The number of esters is 2. The number of hydrogen-bond donors (Lipinski definition) is 0. The number of amides is 2. The molecule has 51 heavy (non-hydrogen) atoms. The number of likely N-dealkylation sites (tertiary alicyclic amines) is 2. The van der Waals surface area contributed by atoms with E-state index in [1.54, 1.807) is 71.9 Å². The van der Waals surface area contributed by atoms with Gasteiger partial charge in [0, 0.05) is 43.9 Å². The number of ketones is 2. The first-order valence-electron chi connectivity index (χ1n) is 17.4. The lowest BCUT2D eigenvalue weighted by Gasteiger charge is -2.35. The second kappa shape index (κ2) is 13.9. The number of carbonyl (C=O) groups is 6.